The van der Waals surface area contributed by atoms with Crippen LogP contribution in [0.3, 0.4) is 0 Å². The van der Waals surface area contributed by atoms with Gasteiger partial charge >= 0.3 is 0 Å². The summed E-state index contributed by atoms with van der Waals surface area (Å²) in [5, 5.41) is 19.6. The van der Waals surface area contributed by atoms with E-state index in [0.717, 1.165) is 0 Å². The van der Waals surface area contributed by atoms with Gasteiger partial charge in [-0.05, 0) is 24.3 Å². The monoisotopic (exact) mass is 382 g/mol. The van der Waals surface area contributed by atoms with Crippen LogP contribution in [0.25, 0.3) is 0 Å². The van der Waals surface area contributed by atoms with Crippen LogP contribution in [-0.2, 0) is 9.59 Å². The van der Waals surface area contributed by atoms with Gasteiger partial charge in [-0.3, -0.25) is 9.59 Å². The molecule has 0 spiro atoms. The van der Waals surface area contributed by atoms with Crippen LogP contribution in [0.15, 0.2) is 28.6 Å². The predicted molar refractivity (Wildman–Crippen MR) is 93.2 cm³/mol. The molecule has 1 saturated heterocycles. The molecular formula is C15H15FN4O3S2. The van der Waals surface area contributed by atoms with Crippen LogP contribution < -0.4 is 10.2 Å². The van der Waals surface area contributed by atoms with Crippen molar-refractivity contribution in [2.24, 2.45) is 5.92 Å². The summed E-state index contributed by atoms with van der Waals surface area (Å²) in [4.78, 5) is 26.0. The van der Waals surface area contributed by atoms with E-state index in [0.29, 0.717) is 20.9 Å². The van der Waals surface area contributed by atoms with Gasteiger partial charge in [0.25, 0.3) is 0 Å². The van der Waals surface area contributed by atoms with Gasteiger partial charge in [-0.25, -0.2) is 4.39 Å². The first-order valence-corrected chi connectivity index (χ1v) is 9.31. The SMILES string of the molecule is O=C(Nc1nnc(SCCO)s1)[C@H]1CC(=O)N(c2ccc(F)cc2)C1. The van der Waals surface area contributed by atoms with Crippen LogP contribution in [0.2, 0.25) is 0 Å². The lowest BCUT2D eigenvalue weighted by Gasteiger charge is -2.16. The number of nitrogens with one attached hydrogen (secondary N) is 1. The molecule has 7 nitrogen and oxygen atoms in total. The fourth-order valence-electron chi connectivity index (χ4n) is 2.41. The second-order valence-corrected chi connectivity index (χ2v) is 7.64. The first kappa shape index (κ1) is 17.8. The second-order valence-electron chi connectivity index (χ2n) is 5.32. The van der Waals surface area contributed by atoms with Gasteiger partial charge in [-0.15, -0.1) is 10.2 Å². The van der Waals surface area contributed by atoms with Gasteiger partial charge in [0.1, 0.15) is 5.82 Å². The number of aromatic nitrogens is 2. The fraction of sp³-hybridized carbons (Fsp3) is 0.333. The van der Waals surface area contributed by atoms with Gasteiger partial charge in [0, 0.05) is 24.4 Å². The third kappa shape index (κ3) is 4.33. The molecule has 0 aliphatic carbocycles. The Kier molecular flexibility index (Phi) is 5.61. The molecule has 0 bridgehead atoms. The topological polar surface area (TPSA) is 95.4 Å². The Balaban J connectivity index is 1.60. The number of hydrogen-bond donors (Lipinski definition) is 2. The molecule has 1 aromatic carbocycles. The molecule has 1 fully saturated rings. The van der Waals surface area contributed by atoms with Crippen LogP contribution in [0, 0.1) is 11.7 Å². The summed E-state index contributed by atoms with van der Waals surface area (Å²) in [6.45, 7) is 0.274. The molecule has 0 saturated carbocycles. The number of benzene rings is 1. The molecule has 2 aromatic rings. The maximum absolute atomic E-state index is 13.0. The molecule has 3 rings (SSSR count). The molecule has 1 aliphatic rings. The molecule has 1 aliphatic heterocycles. The van der Waals surface area contributed by atoms with E-state index >= 15 is 0 Å². The van der Waals surface area contributed by atoms with Crippen molar-refractivity contribution >= 4 is 45.7 Å². The first-order valence-electron chi connectivity index (χ1n) is 7.51. The lowest BCUT2D eigenvalue weighted by atomic mass is 10.1. The quantitative estimate of drug-likeness (QED) is 0.584. The van der Waals surface area contributed by atoms with Crippen molar-refractivity contribution < 1.29 is 19.1 Å². The zero-order chi connectivity index (χ0) is 17.8. The number of carbonyl (C=O) groups excluding carboxylic acids is 2. The van der Waals surface area contributed by atoms with Crippen molar-refractivity contribution in [2.45, 2.75) is 10.8 Å². The molecule has 132 valence electrons. The Labute approximate surface area is 151 Å². The zero-order valence-corrected chi connectivity index (χ0v) is 14.6. The minimum Gasteiger partial charge on any atom is -0.396 e. The van der Waals surface area contributed by atoms with E-state index in [4.69, 9.17) is 5.11 Å². The highest BCUT2D eigenvalue weighted by atomic mass is 32.2. The van der Waals surface area contributed by atoms with Crippen molar-refractivity contribution in [3.63, 3.8) is 0 Å². The number of aliphatic hydroxyl groups is 1. The van der Waals surface area contributed by atoms with Gasteiger partial charge in [0.15, 0.2) is 4.34 Å². The number of rotatable bonds is 6. The molecule has 0 radical (unpaired) electrons. The molecule has 25 heavy (non-hydrogen) atoms. The molecule has 2 N–H and O–H groups in total. The van der Waals surface area contributed by atoms with Gasteiger partial charge in [-0.1, -0.05) is 23.1 Å². The second kappa shape index (κ2) is 7.89. The molecule has 2 heterocycles. The Morgan fingerprint density at radius 2 is 2.16 bits per heavy atom. The molecule has 1 atom stereocenters. The Morgan fingerprint density at radius 1 is 1.40 bits per heavy atom. The summed E-state index contributed by atoms with van der Waals surface area (Å²) < 4.78 is 13.7. The lowest BCUT2D eigenvalue weighted by molar-refractivity contribution is -0.122. The predicted octanol–water partition coefficient (Wildman–Crippen LogP) is 1.75. The van der Waals surface area contributed by atoms with Crippen LogP contribution >= 0.6 is 23.1 Å². The van der Waals surface area contributed by atoms with Gasteiger partial charge in [0.05, 0.1) is 12.5 Å². The molecule has 10 heteroatoms. The third-order valence-corrected chi connectivity index (χ3v) is 5.54. The average molecular weight is 382 g/mol. The highest BCUT2D eigenvalue weighted by molar-refractivity contribution is 8.01. The number of anilines is 2. The fourth-order valence-corrected chi connectivity index (χ4v) is 3.98. The van der Waals surface area contributed by atoms with Crippen LogP contribution in [-0.4, -0.2) is 46.0 Å². The molecular weight excluding hydrogens is 367 g/mol. The van der Waals surface area contributed by atoms with E-state index in [1.165, 1.54) is 52.3 Å². The summed E-state index contributed by atoms with van der Waals surface area (Å²) in [5.41, 5.74) is 0.570. The number of nitrogens with zero attached hydrogens (tertiary/aromatic N) is 3. The summed E-state index contributed by atoms with van der Waals surface area (Å²) >= 11 is 2.57. The van der Waals surface area contributed by atoms with Crippen molar-refractivity contribution in [2.75, 3.05) is 29.1 Å². The summed E-state index contributed by atoms with van der Waals surface area (Å²) in [6, 6.07) is 5.59. The minimum absolute atomic E-state index is 0.0370. The standard InChI is InChI=1S/C15H15FN4O3S2/c16-10-1-3-11(4-2-10)20-8-9(7-12(20)22)13(23)17-14-18-19-15(25-14)24-6-5-21/h1-4,9,21H,5-8H2,(H,17,18,23)/t9-/m0/s1. The van der Waals surface area contributed by atoms with E-state index in [9.17, 15) is 14.0 Å². The maximum atomic E-state index is 13.0. The molecule has 1 aromatic heterocycles. The summed E-state index contributed by atoms with van der Waals surface area (Å²) in [5.74, 6) is -0.853. The maximum Gasteiger partial charge on any atom is 0.231 e. The van der Waals surface area contributed by atoms with Crippen LogP contribution in [0.4, 0.5) is 15.2 Å². The number of aliphatic hydroxyl groups excluding tert-OH is 1. The number of halogens is 1. The van der Waals surface area contributed by atoms with E-state index in [1.807, 2.05) is 0 Å². The summed E-state index contributed by atoms with van der Waals surface area (Å²) in [7, 11) is 0. The van der Waals surface area contributed by atoms with Gasteiger partial charge < -0.3 is 15.3 Å². The lowest BCUT2D eigenvalue weighted by Crippen LogP contribution is -2.28. The van der Waals surface area contributed by atoms with E-state index in [1.54, 1.807) is 0 Å². The largest absolute Gasteiger partial charge is 0.396 e. The Bertz CT molecular complexity index is 768. The van der Waals surface area contributed by atoms with Crippen molar-refractivity contribution in [1.29, 1.82) is 0 Å². The molecule has 0 unspecified atom stereocenters. The zero-order valence-electron chi connectivity index (χ0n) is 13.0. The first-order chi connectivity index (χ1) is 12.1. The van der Waals surface area contributed by atoms with Gasteiger partial charge in [0.2, 0.25) is 16.9 Å². The smallest absolute Gasteiger partial charge is 0.231 e. The normalized spacial score (nSPS) is 17.1. The van der Waals surface area contributed by atoms with E-state index in [2.05, 4.69) is 15.5 Å². The van der Waals surface area contributed by atoms with Crippen molar-refractivity contribution in [1.82, 2.24) is 10.2 Å². The minimum atomic E-state index is -0.505. The highest BCUT2D eigenvalue weighted by Gasteiger charge is 2.35. The third-order valence-electron chi connectivity index (χ3n) is 3.59. The van der Waals surface area contributed by atoms with Crippen molar-refractivity contribution in [3.05, 3.63) is 30.1 Å². The highest BCUT2D eigenvalue weighted by Crippen LogP contribution is 2.28. The number of hydrogen-bond acceptors (Lipinski definition) is 7. The van der Waals surface area contributed by atoms with Gasteiger partial charge in [-0.2, -0.15) is 0 Å². The van der Waals surface area contributed by atoms with E-state index in [-0.39, 0.29) is 37.2 Å². The van der Waals surface area contributed by atoms with Crippen LogP contribution in [0.5, 0.6) is 0 Å². The Morgan fingerprint density at radius 3 is 2.88 bits per heavy atom. The average Bonchev–Trinajstić information content (AvgIpc) is 3.20. The number of carbonyl (C=O) groups is 2. The van der Waals surface area contributed by atoms with E-state index < -0.39 is 5.92 Å². The Hall–Kier alpha value is -2.04. The number of thioether (sulfide) groups is 1. The summed E-state index contributed by atoms with van der Waals surface area (Å²) in [6.07, 6.45) is 0.0914. The number of amides is 2. The van der Waals surface area contributed by atoms with Crippen LogP contribution in [0.1, 0.15) is 6.42 Å². The molecule has 2 amide bonds. The van der Waals surface area contributed by atoms with Crippen molar-refractivity contribution in [3.8, 4) is 0 Å².